The molecule has 0 aromatic heterocycles. The van der Waals surface area contributed by atoms with Gasteiger partial charge in [0, 0.05) is 0 Å². The van der Waals surface area contributed by atoms with E-state index in [-0.39, 0.29) is 19.1 Å². The average Bonchev–Trinajstić information content (AvgIpc) is 2.69. The van der Waals surface area contributed by atoms with Gasteiger partial charge in [-0.25, -0.2) is 9.59 Å². The average molecular weight is 425 g/mol. The van der Waals surface area contributed by atoms with Crippen LogP contribution in [-0.4, -0.2) is 48.7 Å². The maximum absolute atomic E-state index is 12.8. The molecule has 0 radical (unpaired) electrons. The van der Waals surface area contributed by atoms with Gasteiger partial charge in [-0.15, -0.1) is 0 Å². The summed E-state index contributed by atoms with van der Waals surface area (Å²) >= 11 is 1.56. The molecule has 0 aliphatic carbocycles. The number of hydrogen-bond donors (Lipinski definition) is 2. The minimum absolute atomic E-state index is 0.113. The van der Waals surface area contributed by atoms with Crippen LogP contribution in [0.1, 0.15) is 39.2 Å². The summed E-state index contributed by atoms with van der Waals surface area (Å²) in [5.74, 6) is -0.0249. The van der Waals surface area contributed by atoms with Crippen LogP contribution in [0.2, 0.25) is 0 Å². The molecule has 0 fully saturated rings. The summed E-state index contributed by atoms with van der Waals surface area (Å²) in [5, 5.41) is 5.34. The van der Waals surface area contributed by atoms with E-state index < -0.39 is 30.1 Å². The molecule has 7 nitrogen and oxygen atoms in total. The van der Waals surface area contributed by atoms with Crippen LogP contribution in [0.25, 0.3) is 0 Å². The number of ether oxygens (including phenoxy) is 2. The Labute approximate surface area is 177 Å². The van der Waals surface area contributed by atoms with Crippen molar-refractivity contribution in [1.82, 2.24) is 10.6 Å². The zero-order valence-corrected chi connectivity index (χ0v) is 18.4. The first-order valence-electron chi connectivity index (χ1n) is 9.80. The summed E-state index contributed by atoms with van der Waals surface area (Å²) in [4.78, 5) is 37.1. The van der Waals surface area contributed by atoms with Crippen LogP contribution in [0.15, 0.2) is 30.3 Å². The SMILES string of the molecule is CCOC(=O)[C@H](CC(C)C)NC(=O)[C@H](CCSC)NC(=O)OCc1ccccc1. The Balaban J connectivity index is 2.71. The van der Waals surface area contributed by atoms with E-state index in [0.29, 0.717) is 18.6 Å². The standard InChI is InChI=1S/C21H32N2O5S/c1-5-27-20(25)18(13-15(2)3)22-19(24)17(11-12-29-4)23-21(26)28-14-16-9-7-6-8-10-16/h6-10,15,17-18H,5,11-14H2,1-4H3,(H,22,24)(H,23,26)/t17-,18-/m0/s1. The number of nitrogens with one attached hydrogen (secondary N) is 2. The number of carbonyl (C=O) groups is 3. The van der Waals surface area contributed by atoms with Gasteiger partial charge in [-0.1, -0.05) is 44.2 Å². The Morgan fingerprint density at radius 3 is 2.31 bits per heavy atom. The van der Waals surface area contributed by atoms with E-state index in [4.69, 9.17) is 9.47 Å². The van der Waals surface area contributed by atoms with Crippen molar-refractivity contribution in [1.29, 1.82) is 0 Å². The molecule has 8 heteroatoms. The predicted octanol–water partition coefficient (Wildman–Crippen LogP) is 3.13. The number of rotatable bonds is 12. The van der Waals surface area contributed by atoms with Crippen LogP contribution in [0.3, 0.4) is 0 Å². The first-order chi connectivity index (χ1) is 13.9. The minimum atomic E-state index is -0.796. The summed E-state index contributed by atoms with van der Waals surface area (Å²) in [6.07, 6.45) is 2.12. The Bertz CT molecular complexity index is 639. The van der Waals surface area contributed by atoms with Crippen molar-refractivity contribution < 1.29 is 23.9 Å². The molecule has 1 aromatic carbocycles. The molecular formula is C21H32N2O5S. The van der Waals surface area contributed by atoms with Crippen LogP contribution in [0, 0.1) is 5.92 Å². The van der Waals surface area contributed by atoms with Crippen molar-refractivity contribution in [3.05, 3.63) is 35.9 Å². The van der Waals surface area contributed by atoms with Crippen LogP contribution in [0.5, 0.6) is 0 Å². The fraction of sp³-hybridized carbons (Fsp3) is 0.571. The molecule has 1 rings (SSSR count). The zero-order valence-electron chi connectivity index (χ0n) is 17.6. The number of esters is 1. The summed E-state index contributed by atoms with van der Waals surface area (Å²) in [5.41, 5.74) is 0.854. The molecule has 2 N–H and O–H groups in total. The number of hydrogen-bond acceptors (Lipinski definition) is 6. The van der Waals surface area contributed by atoms with Gasteiger partial charge in [0.05, 0.1) is 6.61 Å². The van der Waals surface area contributed by atoms with E-state index in [2.05, 4.69) is 10.6 Å². The molecule has 0 spiro atoms. The lowest BCUT2D eigenvalue weighted by atomic mass is 10.0. The maximum atomic E-state index is 12.8. The second-order valence-electron chi connectivity index (χ2n) is 6.98. The first-order valence-corrected chi connectivity index (χ1v) is 11.2. The first kappa shape index (κ1) is 24.8. The lowest BCUT2D eigenvalue weighted by Crippen LogP contribution is -2.52. The second-order valence-corrected chi connectivity index (χ2v) is 7.97. The molecule has 0 saturated heterocycles. The monoisotopic (exact) mass is 424 g/mol. The van der Waals surface area contributed by atoms with Crippen molar-refractivity contribution >= 4 is 29.7 Å². The maximum Gasteiger partial charge on any atom is 0.408 e. The van der Waals surface area contributed by atoms with Gasteiger partial charge in [0.1, 0.15) is 18.7 Å². The largest absolute Gasteiger partial charge is 0.464 e. The highest BCUT2D eigenvalue weighted by Crippen LogP contribution is 2.09. The van der Waals surface area contributed by atoms with Gasteiger partial charge in [0.15, 0.2) is 0 Å². The van der Waals surface area contributed by atoms with Gasteiger partial charge < -0.3 is 20.1 Å². The fourth-order valence-corrected chi connectivity index (χ4v) is 3.08. The third kappa shape index (κ3) is 10.2. The van der Waals surface area contributed by atoms with Gasteiger partial charge in [-0.3, -0.25) is 4.79 Å². The van der Waals surface area contributed by atoms with Crippen molar-refractivity contribution in [2.24, 2.45) is 5.92 Å². The van der Waals surface area contributed by atoms with Gasteiger partial charge >= 0.3 is 12.1 Å². The normalized spacial score (nSPS) is 12.7. The van der Waals surface area contributed by atoms with E-state index in [1.165, 1.54) is 0 Å². The highest BCUT2D eigenvalue weighted by atomic mass is 32.2. The van der Waals surface area contributed by atoms with Gasteiger partial charge in [-0.2, -0.15) is 11.8 Å². The van der Waals surface area contributed by atoms with Gasteiger partial charge in [-0.05, 0) is 43.3 Å². The van der Waals surface area contributed by atoms with E-state index >= 15 is 0 Å². The molecule has 0 aliphatic heterocycles. The molecule has 0 bridgehead atoms. The Kier molecular flexibility index (Phi) is 11.9. The molecule has 0 heterocycles. The van der Waals surface area contributed by atoms with Gasteiger partial charge in [0.25, 0.3) is 0 Å². The Morgan fingerprint density at radius 2 is 1.72 bits per heavy atom. The predicted molar refractivity (Wildman–Crippen MR) is 115 cm³/mol. The summed E-state index contributed by atoms with van der Waals surface area (Å²) < 4.78 is 10.3. The summed E-state index contributed by atoms with van der Waals surface area (Å²) in [7, 11) is 0. The number of alkyl carbamates (subject to hydrolysis) is 1. The van der Waals surface area contributed by atoms with Crippen molar-refractivity contribution in [3.8, 4) is 0 Å². The van der Waals surface area contributed by atoms with Crippen molar-refractivity contribution in [3.63, 3.8) is 0 Å². The summed E-state index contributed by atoms with van der Waals surface area (Å²) in [6, 6.07) is 7.74. The molecule has 162 valence electrons. The van der Waals surface area contributed by atoms with Crippen molar-refractivity contribution in [2.75, 3.05) is 18.6 Å². The molecule has 0 saturated carbocycles. The molecular weight excluding hydrogens is 392 g/mol. The van der Waals surface area contributed by atoms with Crippen LogP contribution >= 0.6 is 11.8 Å². The molecule has 0 unspecified atom stereocenters. The topological polar surface area (TPSA) is 93.7 Å². The van der Waals surface area contributed by atoms with Crippen LogP contribution < -0.4 is 10.6 Å². The van der Waals surface area contributed by atoms with Gasteiger partial charge in [0.2, 0.25) is 5.91 Å². The number of thioether (sulfide) groups is 1. The smallest absolute Gasteiger partial charge is 0.408 e. The zero-order chi connectivity index (χ0) is 21.6. The lowest BCUT2D eigenvalue weighted by Gasteiger charge is -2.23. The number of carbonyl (C=O) groups excluding carboxylic acids is 3. The van der Waals surface area contributed by atoms with E-state index in [0.717, 1.165) is 5.56 Å². The minimum Gasteiger partial charge on any atom is -0.464 e. The quantitative estimate of drug-likeness (QED) is 0.501. The number of amides is 2. The third-order valence-corrected chi connectivity index (χ3v) is 4.67. The van der Waals surface area contributed by atoms with E-state index in [1.807, 2.05) is 50.4 Å². The second kappa shape index (κ2) is 13.9. The fourth-order valence-electron chi connectivity index (χ4n) is 2.61. The van der Waals surface area contributed by atoms with Crippen molar-refractivity contribution in [2.45, 2.75) is 52.3 Å². The number of benzene rings is 1. The highest BCUT2D eigenvalue weighted by molar-refractivity contribution is 7.98. The lowest BCUT2D eigenvalue weighted by molar-refractivity contribution is -0.148. The van der Waals surface area contributed by atoms with E-state index in [9.17, 15) is 14.4 Å². The Morgan fingerprint density at radius 1 is 1.03 bits per heavy atom. The Hall–Kier alpha value is -2.22. The molecule has 29 heavy (non-hydrogen) atoms. The molecule has 2 atom stereocenters. The third-order valence-electron chi connectivity index (χ3n) is 4.03. The summed E-state index contributed by atoms with van der Waals surface area (Å²) in [6.45, 7) is 5.99. The molecule has 0 aliphatic rings. The van der Waals surface area contributed by atoms with Crippen LogP contribution in [-0.2, 0) is 25.7 Å². The van der Waals surface area contributed by atoms with Crippen LogP contribution in [0.4, 0.5) is 4.79 Å². The molecule has 1 aromatic rings. The molecule has 2 amide bonds. The highest BCUT2D eigenvalue weighted by Gasteiger charge is 2.28. The van der Waals surface area contributed by atoms with E-state index in [1.54, 1.807) is 18.7 Å².